The van der Waals surface area contributed by atoms with Crippen LogP contribution >= 0.6 is 0 Å². The maximum Gasteiger partial charge on any atom is 0.319 e. The molecule has 24 nitrogen and oxygen atoms in total. The third-order valence-corrected chi connectivity index (χ3v) is 15.8. The second-order valence-electron chi connectivity index (χ2n) is 17.3. The highest BCUT2D eigenvalue weighted by atomic mass is 32.3. The predicted molar refractivity (Wildman–Crippen MR) is 267 cm³/mol. The Bertz CT molecular complexity index is 2820. The summed E-state index contributed by atoms with van der Waals surface area (Å²) in [5, 5.41) is 17.3. The summed E-state index contributed by atoms with van der Waals surface area (Å²) in [6, 6.07) is 22.9. The summed E-state index contributed by atoms with van der Waals surface area (Å²) in [6.07, 6.45) is -11.2. The van der Waals surface area contributed by atoms with E-state index in [1.165, 1.54) is 48.5 Å². The lowest BCUT2D eigenvalue weighted by Crippen LogP contribution is -2.71. The van der Waals surface area contributed by atoms with Crippen LogP contribution in [0.4, 0.5) is 16.2 Å². The molecule has 28 heteroatoms. The zero-order chi connectivity index (χ0) is 51.2. The summed E-state index contributed by atoms with van der Waals surface area (Å²) < 4.78 is 167. The van der Waals surface area contributed by atoms with E-state index in [2.05, 4.69) is 10.6 Å². The second kappa shape index (κ2) is 25.7. The summed E-state index contributed by atoms with van der Waals surface area (Å²) in [5.41, 5.74) is 0.865. The van der Waals surface area contributed by atoms with Crippen LogP contribution in [0.25, 0.3) is 0 Å². The van der Waals surface area contributed by atoms with E-state index in [0.29, 0.717) is 47.2 Å². The number of benzene rings is 4. The zero-order valence-corrected chi connectivity index (χ0v) is 44.6. The smallest absolute Gasteiger partial charge is 0.319 e. The molecular weight excluding hydrogens is 1040 g/mol. The number of aliphatic hydroxyl groups excluding tert-OH is 1. The number of rotatable bonds is 20. The molecule has 15 N–H and O–H groups in total. The van der Waals surface area contributed by atoms with Gasteiger partial charge in [-0.1, -0.05) is 99.5 Å². The van der Waals surface area contributed by atoms with E-state index in [1.54, 1.807) is 73.6 Å². The first kappa shape index (κ1) is 62.6. The van der Waals surface area contributed by atoms with Crippen LogP contribution in [0.15, 0.2) is 108 Å². The largest absolute Gasteiger partial charge is 0.726 e. The van der Waals surface area contributed by atoms with Crippen molar-refractivity contribution in [1.82, 2.24) is 23.8 Å². The molecule has 2 unspecified atom stereocenters. The van der Waals surface area contributed by atoms with Crippen LogP contribution in [0, 0.1) is 5.41 Å². The van der Waals surface area contributed by atoms with E-state index in [0.717, 1.165) is 6.42 Å². The molecule has 9 atom stereocenters. The number of fused-ring (bicyclic) bond motifs is 1. The van der Waals surface area contributed by atoms with E-state index in [9.17, 15) is 57.2 Å². The number of aliphatic hydroxyl groups is 1. The van der Waals surface area contributed by atoms with Crippen molar-refractivity contribution in [3.63, 3.8) is 0 Å². The SMILES string of the molecule is CCCC[C@]1(CC)CS(=O)(=O)c2ccc(N(C)C)cc2[C@@H](c2cccc(NC(=O)NC3[C@@H](OS(=O)(=O)[O-])[C@H](OCc4ccccc4)C(OS(=O)(=O)[O-])[C@H](OCc4ccccc4)[C@H]3OS(=O)(=O)[O-])c2)[C@H]1O.[NH4+].[NH4+].[NH4+]. The van der Waals surface area contributed by atoms with Crippen LogP contribution in [0.2, 0.25) is 0 Å². The lowest BCUT2D eigenvalue weighted by molar-refractivity contribution is -0.206. The number of carbonyl (C=O) groups excluding carboxylic acids is 1. The Hall–Kier alpha value is -4.73. The van der Waals surface area contributed by atoms with Crippen LogP contribution in [0.3, 0.4) is 0 Å². The maximum atomic E-state index is 14.3. The molecule has 2 amide bonds. The average Bonchev–Trinajstić information content (AvgIpc) is 3.35. The van der Waals surface area contributed by atoms with Crippen molar-refractivity contribution in [2.75, 3.05) is 30.1 Å². The number of hydrogen-bond acceptors (Lipinski definition) is 19. The number of quaternary nitrogens is 3. The fraction of sp³-hybridized carbons (Fsp3) is 0.444. The minimum Gasteiger partial charge on any atom is -0.726 e. The van der Waals surface area contributed by atoms with Crippen molar-refractivity contribution in [2.45, 2.75) is 106 Å². The second-order valence-corrected chi connectivity index (χ2v) is 22.3. The molecule has 6 rings (SSSR count). The molecule has 1 saturated carbocycles. The highest BCUT2D eigenvalue weighted by Gasteiger charge is 2.57. The minimum absolute atomic E-state index is 0. The molecule has 408 valence electrons. The molecule has 0 bridgehead atoms. The molecule has 0 aromatic heterocycles. The van der Waals surface area contributed by atoms with E-state index in [1.807, 2.05) is 13.8 Å². The third kappa shape index (κ3) is 16.1. The molecule has 4 aromatic carbocycles. The molecule has 0 spiro atoms. The van der Waals surface area contributed by atoms with E-state index in [-0.39, 0.29) is 34.8 Å². The monoisotopic (exact) mass is 1110 g/mol. The number of carbonyl (C=O) groups is 1. The predicted octanol–water partition coefficient (Wildman–Crippen LogP) is 4.96. The number of sulfone groups is 1. The van der Waals surface area contributed by atoms with Gasteiger partial charge in [-0.2, -0.15) is 0 Å². The van der Waals surface area contributed by atoms with Crippen molar-refractivity contribution < 1.29 is 79.3 Å². The molecule has 73 heavy (non-hydrogen) atoms. The van der Waals surface area contributed by atoms with Gasteiger partial charge in [0, 0.05) is 36.8 Å². The van der Waals surface area contributed by atoms with Gasteiger partial charge in [-0.15, -0.1) is 0 Å². The molecular formula is C45H66N6O18S4. The van der Waals surface area contributed by atoms with Crippen molar-refractivity contribution in [3.8, 4) is 0 Å². The molecule has 2 aliphatic rings. The van der Waals surface area contributed by atoms with Crippen LogP contribution in [-0.4, -0.2) is 121 Å². The Morgan fingerprint density at radius 2 is 1.22 bits per heavy atom. The van der Waals surface area contributed by atoms with Gasteiger partial charge in [0.1, 0.15) is 30.5 Å². The topological polar surface area (TPSA) is 426 Å². The summed E-state index contributed by atoms with van der Waals surface area (Å²) >= 11 is 0. The van der Waals surface area contributed by atoms with Gasteiger partial charge in [0.2, 0.25) is 31.2 Å². The number of hydrogen-bond donors (Lipinski definition) is 6. The summed E-state index contributed by atoms with van der Waals surface area (Å²) in [4.78, 5) is 16.1. The standard InChI is InChI=1S/C45H57N3O18S4.3H3N/c1-5-7-23-45(6-2)28-67(51,52)35-22-21-33(48(3)4)25-34(35)36(43(45)49)31-19-14-20-32(24-31)46-44(50)47-37-38(64-68(53,54)55)40(62-26-29-15-10-8-11-16-29)42(66-70(59,60)61)41(39(37)65-69(56,57)58)63-27-30-17-12-9-13-18-30;;;/h8-22,24-25,36-43,49H,5-7,23,26-28H2,1-4H3,(H2,46,47,50)(H,53,54,55)(H,56,57,58)(H,59,60,61);3*1H3/t36-,37?,38-,39+,40+,41-,42?,43-,45-;;;/m1.../s1. The fourth-order valence-corrected chi connectivity index (χ4v) is 12.9. The van der Waals surface area contributed by atoms with Crippen LogP contribution in [0.1, 0.15) is 67.7 Å². The van der Waals surface area contributed by atoms with Gasteiger partial charge in [0.25, 0.3) is 0 Å². The number of unbranched alkanes of at least 4 members (excludes halogenated alkanes) is 1. The average molecular weight is 1110 g/mol. The van der Waals surface area contributed by atoms with Gasteiger partial charge in [-0.3, -0.25) is 12.5 Å². The Morgan fingerprint density at radius 1 is 0.712 bits per heavy atom. The molecule has 0 radical (unpaired) electrons. The number of nitrogens with zero attached hydrogens (tertiary/aromatic N) is 1. The van der Waals surface area contributed by atoms with E-state index >= 15 is 0 Å². The van der Waals surface area contributed by atoms with Crippen molar-refractivity contribution in [1.29, 1.82) is 0 Å². The number of ether oxygens (including phenoxy) is 2. The summed E-state index contributed by atoms with van der Waals surface area (Å²) in [7, 11) is -18.2. The molecule has 1 aliphatic heterocycles. The molecule has 4 aromatic rings. The van der Waals surface area contributed by atoms with Crippen molar-refractivity contribution in [3.05, 3.63) is 125 Å². The van der Waals surface area contributed by atoms with Gasteiger partial charge >= 0.3 is 6.03 Å². The lowest BCUT2D eigenvalue weighted by Gasteiger charge is -2.49. The van der Waals surface area contributed by atoms with Gasteiger partial charge in [0.05, 0.1) is 36.0 Å². The summed E-state index contributed by atoms with van der Waals surface area (Å²) in [5.74, 6) is -1.33. The highest BCUT2D eigenvalue weighted by Crippen LogP contribution is 2.49. The normalized spacial score (nSPS) is 24.8. The molecule has 1 aliphatic carbocycles. The minimum atomic E-state index is -5.94. The van der Waals surface area contributed by atoms with Crippen LogP contribution in [0.5, 0.6) is 0 Å². The zero-order valence-electron chi connectivity index (χ0n) is 41.4. The maximum absolute atomic E-state index is 14.3. The van der Waals surface area contributed by atoms with Crippen LogP contribution in [-0.2, 0) is 76.3 Å². The Kier molecular flexibility index (Phi) is 22.0. The molecule has 0 saturated heterocycles. The van der Waals surface area contributed by atoms with Crippen molar-refractivity contribution in [2.24, 2.45) is 5.41 Å². The van der Waals surface area contributed by atoms with E-state index < -0.39 is 114 Å². The van der Waals surface area contributed by atoms with Gasteiger partial charge in [-0.05, 0) is 65.4 Å². The fourth-order valence-electron chi connectivity index (χ4n) is 9.11. The Labute approximate surface area is 426 Å². The first-order chi connectivity index (χ1) is 32.8. The van der Waals surface area contributed by atoms with E-state index in [4.69, 9.17) is 22.0 Å². The van der Waals surface area contributed by atoms with Crippen LogP contribution < -0.4 is 34.0 Å². The quantitative estimate of drug-likeness (QED) is 0.0503. The third-order valence-electron chi connectivity index (χ3n) is 12.4. The van der Waals surface area contributed by atoms with Gasteiger partial charge < -0.3 is 62.2 Å². The van der Waals surface area contributed by atoms with Gasteiger partial charge in [0.15, 0.2) is 9.84 Å². The molecule has 1 fully saturated rings. The number of nitrogens with one attached hydrogen (secondary N) is 2. The van der Waals surface area contributed by atoms with Crippen molar-refractivity contribution >= 4 is 58.4 Å². The Balaban J connectivity index is 0.00000469. The lowest BCUT2D eigenvalue weighted by atomic mass is 9.69. The first-order valence-corrected chi connectivity index (χ1v) is 27.6. The highest BCUT2D eigenvalue weighted by molar-refractivity contribution is 7.91. The summed E-state index contributed by atoms with van der Waals surface area (Å²) in [6.45, 7) is 2.70. The number of urea groups is 1. The van der Waals surface area contributed by atoms with Gasteiger partial charge in [-0.25, -0.2) is 38.5 Å². The number of anilines is 2. The first-order valence-electron chi connectivity index (χ1n) is 22.0. The number of amides is 2. The molecule has 1 heterocycles. The Morgan fingerprint density at radius 3 is 1.68 bits per heavy atom.